The van der Waals surface area contributed by atoms with E-state index in [2.05, 4.69) is 4.98 Å². The molecule has 0 aliphatic heterocycles. The van der Waals surface area contributed by atoms with E-state index >= 15 is 0 Å². The molecule has 1 aromatic carbocycles. The molecule has 4 heteroatoms. The standard InChI is InChI=1S/C14H11F2NO/c1-9(13-4-2-3-7-17-13)14(18)10-5-6-11(15)12(16)8-10/h2-9H,1H3. The first-order chi connectivity index (χ1) is 8.59. The minimum Gasteiger partial charge on any atom is -0.293 e. The summed E-state index contributed by atoms with van der Waals surface area (Å²) in [6.07, 6.45) is 1.59. The summed E-state index contributed by atoms with van der Waals surface area (Å²) in [7, 11) is 0. The van der Waals surface area contributed by atoms with Crippen LogP contribution in [0.3, 0.4) is 0 Å². The van der Waals surface area contributed by atoms with Gasteiger partial charge in [-0.05, 0) is 37.3 Å². The Labute approximate surface area is 103 Å². The van der Waals surface area contributed by atoms with E-state index in [1.807, 2.05) is 0 Å². The molecule has 1 aromatic heterocycles. The highest BCUT2D eigenvalue weighted by atomic mass is 19.2. The molecule has 0 bridgehead atoms. The van der Waals surface area contributed by atoms with E-state index in [1.54, 1.807) is 31.3 Å². The van der Waals surface area contributed by atoms with Gasteiger partial charge in [0.1, 0.15) is 0 Å². The van der Waals surface area contributed by atoms with Crippen molar-refractivity contribution in [3.8, 4) is 0 Å². The van der Waals surface area contributed by atoms with Gasteiger partial charge in [0, 0.05) is 11.8 Å². The van der Waals surface area contributed by atoms with Crippen LogP contribution in [0.2, 0.25) is 0 Å². The predicted octanol–water partition coefficient (Wildman–Crippen LogP) is 3.35. The Kier molecular flexibility index (Phi) is 3.46. The molecule has 2 aromatic rings. The topological polar surface area (TPSA) is 30.0 Å². The second-order valence-corrected chi connectivity index (χ2v) is 3.97. The quantitative estimate of drug-likeness (QED) is 0.778. The molecule has 1 unspecified atom stereocenters. The molecule has 0 spiro atoms. The number of hydrogen-bond donors (Lipinski definition) is 0. The average Bonchev–Trinajstić information content (AvgIpc) is 2.41. The fraction of sp³-hybridized carbons (Fsp3) is 0.143. The lowest BCUT2D eigenvalue weighted by Crippen LogP contribution is -2.11. The van der Waals surface area contributed by atoms with Crippen LogP contribution in [0.15, 0.2) is 42.6 Å². The highest BCUT2D eigenvalue weighted by molar-refractivity contribution is 6.00. The number of Topliss-reactive ketones (excluding diaryl/α,β-unsaturated/α-hetero) is 1. The highest BCUT2D eigenvalue weighted by Crippen LogP contribution is 2.19. The second-order valence-electron chi connectivity index (χ2n) is 3.97. The number of halogens is 2. The molecule has 0 aliphatic carbocycles. The van der Waals surface area contributed by atoms with E-state index in [-0.39, 0.29) is 11.3 Å². The maximum atomic E-state index is 13.1. The molecule has 2 nitrogen and oxygen atoms in total. The number of ketones is 1. The first kappa shape index (κ1) is 12.4. The van der Waals surface area contributed by atoms with E-state index in [0.717, 1.165) is 12.1 Å². The van der Waals surface area contributed by atoms with Crippen molar-refractivity contribution >= 4 is 5.78 Å². The molecule has 0 radical (unpaired) electrons. The number of hydrogen-bond acceptors (Lipinski definition) is 2. The van der Waals surface area contributed by atoms with Gasteiger partial charge in [-0.2, -0.15) is 0 Å². The summed E-state index contributed by atoms with van der Waals surface area (Å²) in [5.41, 5.74) is 0.749. The lowest BCUT2D eigenvalue weighted by atomic mass is 9.96. The van der Waals surface area contributed by atoms with Gasteiger partial charge in [-0.1, -0.05) is 6.07 Å². The molecule has 0 amide bonds. The van der Waals surface area contributed by atoms with Crippen LogP contribution < -0.4 is 0 Å². The van der Waals surface area contributed by atoms with Crippen molar-refractivity contribution in [2.24, 2.45) is 0 Å². The zero-order valence-corrected chi connectivity index (χ0v) is 9.73. The van der Waals surface area contributed by atoms with Gasteiger partial charge in [0.2, 0.25) is 0 Å². The molecule has 92 valence electrons. The van der Waals surface area contributed by atoms with Gasteiger partial charge in [-0.3, -0.25) is 9.78 Å². The first-order valence-electron chi connectivity index (χ1n) is 5.50. The van der Waals surface area contributed by atoms with Crippen LogP contribution in [0, 0.1) is 11.6 Å². The summed E-state index contributed by atoms with van der Waals surface area (Å²) < 4.78 is 25.9. The van der Waals surface area contributed by atoms with Gasteiger partial charge in [0.15, 0.2) is 17.4 Å². The molecule has 2 rings (SSSR count). The normalized spacial score (nSPS) is 12.2. The van der Waals surface area contributed by atoms with Crippen molar-refractivity contribution in [1.82, 2.24) is 4.98 Å². The lowest BCUT2D eigenvalue weighted by molar-refractivity contribution is 0.0964. The first-order valence-corrected chi connectivity index (χ1v) is 5.50. The zero-order chi connectivity index (χ0) is 13.1. The smallest absolute Gasteiger partial charge is 0.171 e. The van der Waals surface area contributed by atoms with Crippen LogP contribution in [0.4, 0.5) is 8.78 Å². The maximum Gasteiger partial charge on any atom is 0.171 e. The Morgan fingerprint density at radius 1 is 1.17 bits per heavy atom. The van der Waals surface area contributed by atoms with E-state index in [4.69, 9.17) is 0 Å². The molecule has 0 saturated heterocycles. The second kappa shape index (κ2) is 5.04. The van der Waals surface area contributed by atoms with Gasteiger partial charge in [-0.15, -0.1) is 0 Å². The Bertz CT molecular complexity index is 569. The molecule has 1 atom stereocenters. The molecule has 18 heavy (non-hydrogen) atoms. The number of aromatic nitrogens is 1. The molecule has 0 N–H and O–H groups in total. The maximum absolute atomic E-state index is 13.1. The van der Waals surface area contributed by atoms with Crippen LogP contribution in [-0.2, 0) is 0 Å². The molecule has 1 heterocycles. The summed E-state index contributed by atoms with van der Waals surface area (Å²) in [5, 5.41) is 0. The van der Waals surface area contributed by atoms with Crippen LogP contribution in [0.5, 0.6) is 0 Å². The van der Waals surface area contributed by atoms with E-state index in [1.165, 1.54) is 6.07 Å². The van der Waals surface area contributed by atoms with Crippen molar-refractivity contribution in [2.75, 3.05) is 0 Å². The summed E-state index contributed by atoms with van der Waals surface area (Å²) >= 11 is 0. The largest absolute Gasteiger partial charge is 0.293 e. The molecule has 0 fully saturated rings. The Hall–Kier alpha value is -2.10. The summed E-state index contributed by atoms with van der Waals surface area (Å²) in [5.74, 6) is -2.75. The van der Waals surface area contributed by atoms with Gasteiger partial charge < -0.3 is 0 Å². The van der Waals surface area contributed by atoms with E-state index in [9.17, 15) is 13.6 Å². The highest BCUT2D eigenvalue weighted by Gasteiger charge is 2.19. The summed E-state index contributed by atoms with van der Waals surface area (Å²) in [6.45, 7) is 1.69. The molecule has 0 aliphatic rings. The van der Waals surface area contributed by atoms with Gasteiger partial charge in [-0.25, -0.2) is 8.78 Å². The number of carbonyl (C=O) groups excluding carboxylic acids is 1. The van der Waals surface area contributed by atoms with Crippen molar-refractivity contribution in [1.29, 1.82) is 0 Å². The Morgan fingerprint density at radius 2 is 1.94 bits per heavy atom. The minimum absolute atomic E-state index is 0.145. The Morgan fingerprint density at radius 3 is 2.56 bits per heavy atom. The van der Waals surface area contributed by atoms with Crippen LogP contribution in [0.25, 0.3) is 0 Å². The third-order valence-electron chi connectivity index (χ3n) is 2.73. The van der Waals surface area contributed by atoms with Crippen molar-refractivity contribution in [2.45, 2.75) is 12.8 Å². The minimum atomic E-state index is -1.02. The van der Waals surface area contributed by atoms with E-state index in [0.29, 0.717) is 5.69 Å². The average molecular weight is 247 g/mol. The van der Waals surface area contributed by atoms with Crippen molar-refractivity contribution in [3.63, 3.8) is 0 Å². The van der Waals surface area contributed by atoms with Gasteiger partial charge in [0.05, 0.1) is 11.6 Å². The fourth-order valence-corrected chi connectivity index (χ4v) is 1.67. The summed E-state index contributed by atoms with van der Waals surface area (Å²) in [4.78, 5) is 16.2. The summed E-state index contributed by atoms with van der Waals surface area (Å²) in [6, 6.07) is 8.39. The number of carbonyl (C=O) groups is 1. The number of pyridine rings is 1. The van der Waals surface area contributed by atoms with Crippen molar-refractivity contribution in [3.05, 3.63) is 65.5 Å². The third-order valence-corrected chi connectivity index (χ3v) is 2.73. The number of nitrogens with zero attached hydrogens (tertiary/aromatic N) is 1. The lowest BCUT2D eigenvalue weighted by Gasteiger charge is -2.09. The fourth-order valence-electron chi connectivity index (χ4n) is 1.67. The van der Waals surface area contributed by atoms with Gasteiger partial charge >= 0.3 is 0 Å². The van der Waals surface area contributed by atoms with Crippen LogP contribution in [-0.4, -0.2) is 10.8 Å². The monoisotopic (exact) mass is 247 g/mol. The number of benzene rings is 1. The predicted molar refractivity (Wildman–Crippen MR) is 63.3 cm³/mol. The Balaban J connectivity index is 2.29. The third kappa shape index (κ3) is 2.42. The molecular weight excluding hydrogens is 236 g/mol. The zero-order valence-electron chi connectivity index (χ0n) is 9.73. The molecular formula is C14H11F2NO. The SMILES string of the molecule is CC(C(=O)c1ccc(F)c(F)c1)c1ccccn1. The van der Waals surface area contributed by atoms with Crippen LogP contribution in [0.1, 0.15) is 28.9 Å². The molecule has 0 saturated carbocycles. The van der Waals surface area contributed by atoms with E-state index < -0.39 is 17.6 Å². The van der Waals surface area contributed by atoms with Crippen LogP contribution >= 0.6 is 0 Å². The van der Waals surface area contributed by atoms with Gasteiger partial charge in [0.25, 0.3) is 0 Å². The number of rotatable bonds is 3. The van der Waals surface area contributed by atoms with Crippen molar-refractivity contribution < 1.29 is 13.6 Å².